The zero-order valence-corrected chi connectivity index (χ0v) is 19.7. The Labute approximate surface area is 206 Å². The molecule has 4 heteroatoms. The van der Waals surface area contributed by atoms with Crippen LogP contribution < -0.4 is 9.47 Å². The maximum Gasteiger partial charge on any atom is 0.303 e. The zero-order valence-electron chi connectivity index (χ0n) is 19.7. The van der Waals surface area contributed by atoms with Gasteiger partial charge in [0.25, 0.3) is 0 Å². The lowest BCUT2D eigenvalue weighted by atomic mass is 9.67. The van der Waals surface area contributed by atoms with Gasteiger partial charge in [0.1, 0.15) is 11.5 Å². The molecule has 0 saturated heterocycles. The summed E-state index contributed by atoms with van der Waals surface area (Å²) in [6.45, 7) is 0.901. The Balaban J connectivity index is 1.52. The molecule has 0 saturated carbocycles. The number of rotatable bonds is 12. The molecule has 0 radical (unpaired) electrons. The first-order chi connectivity index (χ1) is 17.2. The van der Waals surface area contributed by atoms with E-state index in [4.69, 9.17) is 14.6 Å². The van der Waals surface area contributed by atoms with E-state index in [-0.39, 0.29) is 11.8 Å². The number of hydrogen-bond acceptors (Lipinski definition) is 3. The summed E-state index contributed by atoms with van der Waals surface area (Å²) < 4.78 is 11.8. The first kappa shape index (κ1) is 24.1. The van der Waals surface area contributed by atoms with Gasteiger partial charge in [-0.1, -0.05) is 91.0 Å². The molecule has 0 aromatic heterocycles. The Morgan fingerprint density at radius 1 is 0.600 bits per heavy atom. The molecule has 0 aliphatic carbocycles. The maximum atomic E-state index is 10.6. The number of hydrogen-bond donors (Lipinski definition) is 1. The summed E-state index contributed by atoms with van der Waals surface area (Å²) in [4.78, 5) is 10.6. The van der Waals surface area contributed by atoms with Crippen molar-refractivity contribution in [2.24, 2.45) is 0 Å². The molecule has 0 fully saturated rings. The van der Waals surface area contributed by atoms with Crippen LogP contribution in [0, 0.1) is 0 Å². The Morgan fingerprint density at radius 2 is 1.00 bits per heavy atom. The first-order valence-corrected chi connectivity index (χ1v) is 11.9. The number of benzene rings is 4. The van der Waals surface area contributed by atoms with Crippen LogP contribution in [0.1, 0.15) is 36.0 Å². The van der Waals surface area contributed by atoms with Gasteiger partial charge in [0, 0.05) is 11.8 Å². The fourth-order valence-corrected chi connectivity index (χ4v) is 4.47. The molecule has 178 valence electrons. The van der Waals surface area contributed by atoms with Crippen molar-refractivity contribution in [2.75, 3.05) is 13.2 Å². The first-order valence-electron chi connectivity index (χ1n) is 11.9. The molecule has 0 spiro atoms. The van der Waals surface area contributed by atoms with Gasteiger partial charge in [0.15, 0.2) is 0 Å². The van der Waals surface area contributed by atoms with Crippen LogP contribution in [0.5, 0.6) is 11.5 Å². The molecule has 0 unspecified atom stereocenters. The van der Waals surface area contributed by atoms with Crippen LogP contribution in [0.3, 0.4) is 0 Å². The highest BCUT2D eigenvalue weighted by Crippen LogP contribution is 2.42. The van der Waals surface area contributed by atoms with Gasteiger partial charge in [0.05, 0.1) is 13.2 Å². The molecular formula is C31H30O4. The maximum absolute atomic E-state index is 10.6. The predicted octanol–water partition coefficient (Wildman–Crippen LogP) is 6.73. The lowest BCUT2D eigenvalue weighted by molar-refractivity contribution is -0.137. The number of aliphatic carboxylic acids is 1. The molecule has 0 aliphatic heterocycles. The third-order valence-electron chi connectivity index (χ3n) is 6.17. The van der Waals surface area contributed by atoms with Crippen molar-refractivity contribution in [1.29, 1.82) is 0 Å². The third-order valence-corrected chi connectivity index (χ3v) is 6.17. The molecule has 4 aromatic rings. The highest BCUT2D eigenvalue weighted by atomic mass is 16.5. The van der Waals surface area contributed by atoms with Gasteiger partial charge in [-0.25, -0.2) is 0 Å². The van der Waals surface area contributed by atoms with Crippen LogP contribution in [-0.2, 0) is 10.2 Å². The molecule has 0 bridgehead atoms. The zero-order chi connectivity index (χ0) is 24.3. The van der Waals surface area contributed by atoms with Gasteiger partial charge in [-0.3, -0.25) is 4.79 Å². The Bertz CT molecular complexity index is 1080. The topological polar surface area (TPSA) is 55.8 Å². The summed E-state index contributed by atoms with van der Waals surface area (Å²) in [7, 11) is 0. The summed E-state index contributed by atoms with van der Waals surface area (Å²) in [5.74, 6) is 0.663. The van der Waals surface area contributed by atoms with Crippen LogP contribution >= 0.6 is 0 Å². The van der Waals surface area contributed by atoms with Gasteiger partial charge >= 0.3 is 5.97 Å². The van der Waals surface area contributed by atoms with Crippen molar-refractivity contribution in [3.8, 4) is 11.5 Å². The van der Waals surface area contributed by atoms with E-state index in [9.17, 15) is 4.79 Å². The molecule has 0 amide bonds. The van der Waals surface area contributed by atoms with Crippen molar-refractivity contribution < 1.29 is 19.4 Å². The van der Waals surface area contributed by atoms with Gasteiger partial charge in [-0.2, -0.15) is 0 Å². The highest BCUT2D eigenvalue weighted by Gasteiger charge is 2.36. The lowest BCUT2D eigenvalue weighted by Gasteiger charge is -2.36. The molecule has 0 heterocycles. The van der Waals surface area contributed by atoms with Gasteiger partial charge < -0.3 is 14.6 Å². The van der Waals surface area contributed by atoms with Crippen molar-refractivity contribution in [1.82, 2.24) is 0 Å². The lowest BCUT2D eigenvalue weighted by Crippen LogP contribution is -2.31. The summed E-state index contributed by atoms with van der Waals surface area (Å²) in [6.07, 6.45) is 1.35. The Kier molecular flexibility index (Phi) is 8.18. The molecule has 4 aromatic carbocycles. The summed E-state index contributed by atoms with van der Waals surface area (Å²) in [5, 5.41) is 8.73. The molecule has 0 aliphatic rings. The molecule has 0 atom stereocenters. The van der Waals surface area contributed by atoms with Gasteiger partial charge in [-0.15, -0.1) is 0 Å². The van der Waals surface area contributed by atoms with Crippen LogP contribution in [0.25, 0.3) is 0 Å². The minimum absolute atomic E-state index is 0.104. The summed E-state index contributed by atoms with van der Waals surface area (Å²) in [6, 6.07) is 39.3. The van der Waals surface area contributed by atoms with E-state index in [0.717, 1.165) is 12.2 Å². The van der Waals surface area contributed by atoms with Crippen molar-refractivity contribution in [3.05, 3.63) is 132 Å². The monoisotopic (exact) mass is 466 g/mol. The number of carboxylic acid groups (broad SMARTS) is 1. The number of carboxylic acids is 1. The van der Waals surface area contributed by atoms with E-state index in [1.54, 1.807) is 0 Å². The second kappa shape index (κ2) is 11.9. The van der Waals surface area contributed by atoms with E-state index < -0.39 is 5.97 Å². The van der Waals surface area contributed by atoms with E-state index in [0.29, 0.717) is 25.4 Å². The standard InChI is InChI=1S/C31H30O4/c32-30(33)17-10-23-34-28-18-20-29(21-19-28)35-24-22-31(25-11-4-1-5-12-25,26-13-6-2-7-14-26)27-15-8-3-9-16-27/h1-9,11-16,18-21H,10,17,22-24H2,(H,32,33). The smallest absolute Gasteiger partial charge is 0.303 e. The predicted molar refractivity (Wildman–Crippen MR) is 138 cm³/mol. The molecule has 4 rings (SSSR count). The second-order valence-electron chi connectivity index (χ2n) is 8.42. The van der Waals surface area contributed by atoms with E-state index >= 15 is 0 Å². The highest BCUT2D eigenvalue weighted by molar-refractivity contribution is 5.66. The molecule has 35 heavy (non-hydrogen) atoms. The number of carbonyl (C=O) groups is 1. The third kappa shape index (κ3) is 6.10. The SMILES string of the molecule is O=C(O)CCCOc1ccc(OCCC(c2ccccc2)(c2ccccc2)c2ccccc2)cc1. The van der Waals surface area contributed by atoms with Gasteiger partial charge in [-0.05, 0) is 53.8 Å². The quantitative estimate of drug-likeness (QED) is 0.186. The largest absolute Gasteiger partial charge is 0.494 e. The minimum atomic E-state index is -0.810. The van der Waals surface area contributed by atoms with Crippen molar-refractivity contribution in [2.45, 2.75) is 24.7 Å². The van der Waals surface area contributed by atoms with Crippen LogP contribution in [0.2, 0.25) is 0 Å². The van der Waals surface area contributed by atoms with Crippen LogP contribution in [0.15, 0.2) is 115 Å². The minimum Gasteiger partial charge on any atom is -0.494 e. The van der Waals surface area contributed by atoms with Crippen LogP contribution in [0.4, 0.5) is 0 Å². The Hall–Kier alpha value is -4.05. The normalized spacial score (nSPS) is 11.1. The molecule has 4 nitrogen and oxygen atoms in total. The Morgan fingerprint density at radius 3 is 1.40 bits per heavy atom. The van der Waals surface area contributed by atoms with E-state index in [2.05, 4.69) is 72.8 Å². The van der Waals surface area contributed by atoms with Crippen molar-refractivity contribution >= 4 is 5.97 Å². The summed E-state index contributed by atoms with van der Waals surface area (Å²) >= 11 is 0. The fourth-order valence-electron chi connectivity index (χ4n) is 4.47. The average Bonchev–Trinajstić information content (AvgIpc) is 2.91. The average molecular weight is 467 g/mol. The second-order valence-corrected chi connectivity index (χ2v) is 8.42. The van der Waals surface area contributed by atoms with E-state index in [1.807, 2.05) is 42.5 Å². The van der Waals surface area contributed by atoms with Crippen molar-refractivity contribution in [3.63, 3.8) is 0 Å². The van der Waals surface area contributed by atoms with Crippen LogP contribution in [-0.4, -0.2) is 24.3 Å². The van der Waals surface area contributed by atoms with Gasteiger partial charge in [0.2, 0.25) is 0 Å². The van der Waals surface area contributed by atoms with E-state index in [1.165, 1.54) is 16.7 Å². The molecular weight excluding hydrogens is 436 g/mol. The summed E-state index contributed by atoms with van der Waals surface area (Å²) in [5.41, 5.74) is 3.33. The molecule has 1 N–H and O–H groups in total. The number of ether oxygens (including phenoxy) is 2. The fraction of sp³-hybridized carbons (Fsp3) is 0.194.